The van der Waals surface area contributed by atoms with Crippen LogP contribution in [0, 0.1) is 13.8 Å². The second kappa shape index (κ2) is 8.59. The van der Waals surface area contributed by atoms with E-state index in [2.05, 4.69) is 14.5 Å². The molecule has 2 amide bonds. The summed E-state index contributed by atoms with van der Waals surface area (Å²) >= 11 is 0. The fourth-order valence-electron chi connectivity index (χ4n) is 3.96. The summed E-state index contributed by atoms with van der Waals surface area (Å²) in [4.78, 5) is 37.3. The van der Waals surface area contributed by atoms with Crippen LogP contribution in [0.15, 0.2) is 48.9 Å². The van der Waals surface area contributed by atoms with Crippen molar-refractivity contribution in [3.8, 4) is 11.4 Å². The number of aryl methyl sites for hydroxylation is 1. The summed E-state index contributed by atoms with van der Waals surface area (Å²) in [6.45, 7) is 5.86. The molecule has 1 aliphatic heterocycles. The van der Waals surface area contributed by atoms with Crippen molar-refractivity contribution in [1.29, 1.82) is 0 Å². The van der Waals surface area contributed by atoms with Gasteiger partial charge in [-0.05, 0) is 44.2 Å². The van der Waals surface area contributed by atoms with Crippen LogP contribution in [0.2, 0.25) is 0 Å². The topological polar surface area (TPSA) is 80.6 Å². The van der Waals surface area contributed by atoms with Crippen LogP contribution < -0.4 is 4.74 Å². The molecule has 0 saturated carbocycles. The highest BCUT2D eigenvalue weighted by Gasteiger charge is 2.28. The van der Waals surface area contributed by atoms with Crippen LogP contribution in [0.4, 0.5) is 0 Å². The maximum Gasteiger partial charge on any atom is 0.274 e. The average Bonchev–Trinajstić information content (AvgIpc) is 3.12. The van der Waals surface area contributed by atoms with Crippen molar-refractivity contribution in [2.45, 2.75) is 13.8 Å². The van der Waals surface area contributed by atoms with Gasteiger partial charge in [-0.25, -0.2) is 4.98 Å². The highest BCUT2D eigenvalue weighted by atomic mass is 16.5. The largest absolute Gasteiger partial charge is 0.497 e. The normalized spacial score (nSPS) is 13.9. The average molecular weight is 419 g/mol. The molecule has 0 N–H and O–H groups in total. The van der Waals surface area contributed by atoms with Crippen LogP contribution in [-0.2, 0) is 0 Å². The quantitative estimate of drug-likeness (QED) is 0.649. The lowest BCUT2D eigenvalue weighted by Crippen LogP contribution is -2.50. The van der Waals surface area contributed by atoms with Gasteiger partial charge in [-0.15, -0.1) is 0 Å². The minimum absolute atomic E-state index is 0.0144. The monoisotopic (exact) mass is 419 g/mol. The first-order valence-electron chi connectivity index (χ1n) is 10.2. The Labute approximate surface area is 181 Å². The van der Waals surface area contributed by atoms with E-state index in [-0.39, 0.29) is 11.8 Å². The molecule has 160 valence electrons. The fourth-order valence-corrected chi connectivity index (χ4v) is 3.96. The second-order valence-corrected chi connectivity index (χ2v) is 7.49. The molecule has 0 radical (unpaired) electrons. The van der Waals surface area contributed by atoms with E-state index in [4.69, 9.17) is 4.74 Å². The molecule has 0 atom stereocenters. The number of hydrogen-bond acceptors (Lipinski definition) is 5. The van der Waals surface area contributed by atoms with Crippen LogP contribution in [0.5, 0.6) is 5.75 Å². The number of hydrogen-bond donors (Lipinski definition) is 0. The molecular weight excluding hydrogens is 394 g/mol. The van der Waals surface area contributed by atoms with Crippen LogP contribution in [0.25, 0.3) is 5.69 Å². The van der Waals surface area contributed by atoms with Crippen molar-refractivity contribution < 1.29 is 14.3 Å². The minimum Gasteiger partial charge on any atom is -0.497 e. The van der Waals surface area contributed by atoms with Crippen molar-refractivity contribution in [2.24, 2.45) is 0 Å². The number of carbonyl (C=O) groups is 2. The molecule has 3 aromatic rings. The summed E-state index contributed by atoms with van der Waals surface area (Å²) in [5.74, 6) is 0.619. The highest BCUT2D eigenvalue weighted by Crippen LogP contribution is 2.24. The predicted octanol–water partition coefficient (Wildman–Crippen LogP) is 2.49. The van der Waals surface area contributed by atoms with E-state index in [0.717, 1.165) is 22.8 Å². The van der Waals surface area contributed by atoms with E-state index >= 15 is 0 Å². The molecule has 8 heteroatoms. The third-order valence-electron chi connectivity index (χ3n) is 5.63. The predicted molar refractivity (Wildman–Crippen MR) is 116 cm³/mol. The number of benzene rings is 1. The van der Waals surface area contributed by atoms with Gasteiger partial charge < -0.3 is 19.1 Å². The molecule has 2 aromatic heterocycles. The van der Waals surface area contributed by atoms with E-state index in [1.54, 1.807) is 16.9 Å². The summed E-state index contributed by atoms with van der Waals surface area (Å²) in [5, 5.41) is 0. The standard InChI is InChI=1S/C23H25N5O3/c1-16-14-20(17(2)28(16)18-4-6-19(31-3)7-5-18)22(29)26-10-12-27(13-11-26)23(30)21-15-24-8-9-25-21/h4-9,14-15H,10-13H2,1-3H3. The maximum atomic E-state index is 13.2. The first kappa shape index (κ1) is 20.6. The van der Waals surface area contributed by atoms with Gasteiger partial charge in [-0.1, -0.05) is 0 Å². The Morgan fingerprint density at radius 3 is 2.16 bits per heavy atom. The zero-order valence-electron chi connectivity index (χ0n) is 17.9. The van der Waals surface area contributed by atoms with Crippen molar-refractivity contribution in [3.05, 3.63) is 71.6 Å². The van der Waals surface area contributed by atoms with Crippen LogP contribution in [0.3, 0.4) is 0 Å². The van der Waals surface area contributed by atoms with Crippen LogP contribution in [-0.4, -0.2) is 69.4 Å². The number of methoxy groups -OCH3 is 1. The summed E-state index contributed by atoms with van der Waals surface area (Å²) in [7, 11) is 1.64. The molecule has 1 fully saturated rings. The molecule has 8 nitrogen and oxygen atoms in total. The first-order valence-corrected chi connectivity index (χ1v) is 10.2. The molecule has 1 aliphatic rings. The van der Waals surface area contributed by atoms with Crippen molar-refractivity contribution in [3.63, 3.8) is 0 Å². The van der Waals surface area contributed by atoms with E-state index < -0.39 is 0 Å². The minimum atomic E-state index is -0.155. The van der Waals surface area contributed by atoms with Gasteiger partial charge in [0, 0.05) is 55.6 Å². The summed E-state index contributed by atoms with van der Waals surface area (Å²) in [5.41, 5.74) is 3.87. The Morgan fingerprint density at radius 2 is 1.58 bits per heavy atom. The molecule has 0 bridgehead atoms. The van der Waals surface area contributed by atoms with Gasteiger partial charge in [-0.2, -0.15) is 0 Å². The van der Waals surface area contributed by atoms with Gasteiger partial charge in [0.05, 0.1) is 18.9 Å². The van der Waals surface area contributed by atoms with Crippen LogP contribution in [0.1, 0.15) is 32.2 Å². The van der Waals surface area contributed by atoms with Crippen molar-refractivity contribution in [2.75, 3.05) is 33.3 Å². The number of rotatable bonds is 4. The van der Waals surface area contributed by atoms with E-state index in [0.29, 0.717) is 37.4 Å². The highest BCUT2D eigenvalue weighted by molar-refractivity contribution is 5.96. The zero-order chi connectivity index (χ0) is 22.0. The molecule has 1 aromatic carbocycles. The lowest BCUT2D eigenvalue weighted by Gasteiger charge is -2.34. The first-order chi connectivity index (χ1) is 15.0. The number of ether oxygens (including phenoxy) is 1. The molecule has 3 heterocycles. The second-order valence-electron chi connectivity index (χ2n) is 7.49. The molecule has 1 saturated heterocycles. The number of aromatic nitrogens is 3. The molecular formula is C23H25N5O3. The number of piperazine rings is 1. The molecule has 0 unspecified atom stereocenters. The van der Waals surface area contributed by atoms with Gasteiger partial charge in [0.1, 0.15) is 11.4 Å². The Balaban J connectivity index is 1.47. The zero-order valence-corrected chi connectivity index (χ0v) is 17.9. The molecule has 31 heavy (non-hydrogen) atoms. The third kappa shape index (κ3) is 4.01. The molecule has 4 rings (SSSR count). The van der Waals surface area contributed by atoms with Crippen molar-refractivity contribution in [1.82, 2.24) is 24.3 Å². The summed E-state index contributed by atoms with van der Waals surface area (Å²) in [6, 6.07) is 9.69. The Morgan fingerprint density at radius 1 is 0.935 bits per heavy atom. The maximum absolute atomic E-state index is 13.2. The summed E-state index contributed by atoms with van der Waals surface area (Å²) < 4.78 is 7.31. The number of nitrogens with zero attached hydrogens (tertiary/aromatic N) is 5. The van der Waals surface area contributed by atoms with Gasteiger partial charge in [0.25, 0.3) is 11.8 Å². The SMILES string of the molecule is COc1ccc(-n2c(C)cc(C(=O)N3CCN(C(=O)c4cnccn4)CC3)c2C)cc1. The summed E-state index contributed by atoms with van der Waals surface area (Å²) in [6.07, 6.45) is 4.51. The van der Waals surface area contributed by atoms with Crippen LogP contribution >= 0.6 is 0 Å². The van der Waals surface area contributed by atoms with Gasteiger partial charge in [0.15, 0.2) is 0 Å². The number of carbonyl (C=O) groups excluding carboxylic acids is 2. The van der Waals surface area contributed by atoms with E-state index in [1.807, 2.05) is 44.2 Å². The van der Waals surface area contributed by atoms with E-state index in [9.17, 15) is 9.59 Å². The molecule has 0 aliphatic carbocycles. The number of amides is 2. The van der Waals surface area contributed by atoms with E-state index in [1.165, 1.54) is 18.6 Å². The Hall–Kier alpha value is -3.68. The molecule has 0 spiro atoms. The third-order valence-corrected chi connectivity index (χ3v) is 5.63. The lowest BCUT2D eigenvalue weighted by atomic mass is 10.2. The fraction of sp³-hybridized carbons (Fsp3) is 0.304. The van der Waals surface area contributed by atoms with Gasteiger partial charge >= 0.3 is 0 Å². The lowest BCUT2D eigenvalue weighted by molar-refractivity contribution is 0.0531. The smallest absolute Gasteiger partial charge is 0.274 e. The van der Waals surface area contributed by atoms with Gasteiger partial charge in [-0.3, -0.25) is 14.6 Å². The Bertz CT molecular complexity index is 1080. The van der Waals surface area contributed by atoms with Crippen molar-refractivity contribution >= 4 is 11.8 Å². The van der Waals surface area contributed by atoms with Gasteiger partial charge in [0.2, 0.25) is 0 Å². The Kier molecular flexibility index (Phi) is 5.70.